The van der Waals surface area contributed by atoms with Crippen LogP contribution in [0.15, 0.2) is 59.3 Å². The third-order valence-corrected chi connectivity index (χ3v) is 8.21. The van der Waals surface area contributed by atoms with Gasteiger partial charge in [0.2, 0.25) is 18.2 Å². The van der Waals surface area contributed by atoms with Crippen LogP contribution in [0.4, 0.5) is 0 Å². The molecule has 0 spiro atoms. The van der Waals surface area contributed by atoms with Crippen LogP contribution in [0.1, 0.15) is 12.0 Å². The van der Waals surface area contributed by atoms with E-state index < -0.39 is 116 Å². The number of phenolic OH excluding ortho intramolecular Hbond substituents is 2. The molecule has 5 rings (SSSR count). The SMILES string of the molecule is COC(=O)CC(=O)OCC1OC(OC2=C(c3ccc(O)c(O)c3)[OH+]C3C=C(O)C=C(O)C3=C2)C(O)C(OC2OC(CO)C(O)C(O)C2O)C1O. The number of esters is 2. The van der Waals surface area contributed by atoms with Crippen molar-refractivity contribution >= 4 is 17.7 Å². The Morgan fingerprint density at radius 2 is 1.56 bits per heavy atom. The lowest BCUT2D eigenvalue weighted by Gasteiger charge is -2.46. The molecule has 4 aliphatic rings. The number of aromatic hydroxyl groups is 2. The van der Waals surface area contributed by atoms with Crippen LogP contribution in [0.3, 0.4) is 0 Å². The largest absolute Gasteiger partial charge is 0.571 e. The molecule has 2 saturated heterocycles. The molecule has 3 aliphatic heterocycles. The Hall–Kier alpha value is -4.44. The van der Waals surface area contributed by atoms with Crippen molar-refractivity contribution in [1.82, 2.24) is 0 Å². The zero-order valence-corrected chi connectivity index (χ0v) is 26.1. The minimum absolute atomic E-state index is 0.0396. The fraction of sp³-hybridized carbons (Fsp3) is 0.484. The summed E-state index contributed by atoms with van der Waals surface area (Å²) in [6, 6.07) is 3.64. The van der Waals surface area contributed by atoms with Crippen LogP contribution < -0.4 is 0 Å². The van der Waals surface area contributed by atoms with E-state index in [-0.39, 0.29) is 28.4 Å². The first kappa shape index (κ1) is 36.8. The van der Waals surface area contributed by atoms with Crippen molar-refractivity contribution in [3.05, 3.63) is 64.8 Å². The van der Waals surface area contributed by atoms with Crippen molar-refractivity contribution in [3.8, 4) is 11.5 Å². The predicted molar refractivity (Wildman–Crippen MR) is 160 cm³/mol. The Balaban J connectivity index is 1.49. The molecule has 274 valence electrons. The molecule has 0 amide bonds. The van der Waals surface area contributed by atoms with Gasteiger partial charge in [0.15, 0.2) is 17.8 Å². The van der Waals surface area contributed by atoms with E-state index in [2.05, 4.69) is 9.47 Å². The lowest BCUT2D eigenvalue weighted by atomic mass is 9.96. The number of benzene rings is 1. The van der Waals surface area contributed by atoms with Crippen LogP contribution in [-0.2, 0) is 38.0 Å². The van der Waals surface area contributed by atoms with Crippen LogP contribution in [0.2, 0.25) is 0 Å². The van der Waals surface area contributed by atoms with Crippen LogP contribution in [0, 0.1) is 0 Å². The van der Waals surface area contributed by atoms with Crippen molar-refractivity contribution in [1.29, 1.82) is 0 Å². The molecule has 11 atom stereocenters. The van der Waals surface area contributed by atoms with Crippen LogP contribution in [0.25, 0.3) is 5.76 Å². The highest BCUT2D eigenvalue weighted by Crippen LogP contribution is 2.39. The second-order valence-electron chi connectivity index (χ2n) is 11.6. The Labute approximate surface area is 282 Å². The molecule has 1 aliphatic carbocycles. The van der Waals surface area contributed by atoms with Crippen molar-refractivity contribution in [2.45, 2.75) is 73.9 Å². The number of phenols is 2. The molecule has 50 heavy (non-hydrogen) atoms. The number of hydrogen-bond acceptors (Lipinski definition) is 18. The van der Waals surface area contributed by atoms with Gasteiger partial charge in [-0.1, -0.05) is 0 Å². The molecule has 11 N–H and O–H groups in total. The van der Waals surface area contributed by atoms with Gasteiger partial charge in [-0.25, -0.2) is 0 Å². The van der Waals surface area contributed by atoms with E-state index in [1.54, 1.807) is 0 Å². The predicted octanol–water partition coefficient (Wildman–Crippen LogP) is -2.74. The fourth-order valence-corrected chi connectivity index (χ4v) is 5.50. The molecule has 11 unspecified atom stereocenters. The van der Waals surface area contributed by atoms with Gasteiger partial charge in [0.1, 0.15) is 73.4 Å². The number of carbonyl (C=O) groups is 2. The van der Waals surface area contributed by atoms with Gasteiger partial charge >= 0.3 is 17.7 Å². The summed E-state index contributed by atoms with van der Waals surface area (Å²) in [5.41, 5.74) is 0.276. The lowest BCUT2D eigenvalue weighted by Crippen LogP contribution is -2.65. The second kappa shape index (κ2) is 15.2. The maximum Gasteiger partial charge on any atom is 0.317 e. The van der Waals surface area contributed by atoms with Gasteiger partial charge < -0.3 is 84.2 Å². The summed E-state index contributed by atoms with van der Waals surface area (Å²) in [6.45, 7) is -1.57. The molecular formula is C31H37O19+. The highest BCUT2D eigenvalue weighted by atomic mass is 16.7. The van der Waals surface area contributed by atoms with E-state index in [1.165, 1.54) is 18.2 Å². The summed E-state index contributed by atoms with van der Waals surface area (Å²) in [7, 11) is 1.05. The number of fused-ring (bicyclic) bond motifs is 1. The molecule has 2 fully saturated rings. The zero-order chi connectivity index (χ0) is 36.4. The van der Waals surface area contributed by atoms with Crippen LogP contribution >= 0.6 is 0 Å². The highest BCUT2D eigenvalue weighted by Gasteiger charge is 2.52. The van der Waals surface area contributed by atoms with Gasteiger partial charge in [0, 0.05) is 18.2 Å². The monoisotopic (exact) mass is 713 g/mol. The molecule has 19 nitrogen and oxygen atoms in total. The van der Waals surface area contributed by atoms with E-state index in [1.807, 2.05) is 0 Å². The average molecular weight is 714 g/mol. The number of methoxy groups -OCH3 is 1. The summed E-state index contributed by atoms with van der Waals surface area (Å²) >= 11 is 0. The maximum absolute atomic E-state index is 12.2. The van der Waals surface area contributed by atoms with Gasteiger partial charge in [-0.15, -0.1) is 0 Å². The van der Waals surface area contributed by atoms with Gasteiger partial charge in [0.05, 0.1) is 30.9 Å². The van der Waals surface area contributed by atoms with E-state index in [4.69, 9.17) is 23.7 Å². The summed E-state index contributed by atoms with van der Waals surface area (Å²) in [6.07, 6.45) is -16.1. The summed E-state index contributed by atoms with van der Waals surface area (Å²) < 4.78 is 36.9. The number of aliphatic hydroxyl groups is 10. The zero-order valence-electron chi connectivity index (χ0n) is 26.1. The third-order valence-electron chi connectivity index (χ3n) is 8.21. The quantitative estimate of drug-likeness (QED) is 0.0509. The van der Waals surface area contributed by atoms with Crippen molar-refractivity contribution in [2.24, 2.45) is 0 Å². The molecular weight excluding hydrogens is 676 g/mol. The fourth-order valence-electron chi connectivity index (χ4n) is 5.50. The Morgan fingerprint density at radius 3 is 2.24 bits per heavy atom. The molecule has 3 heterocycles. The number of aliphatic hydroxyl groups excluding tert-OH is 8. The van der Waals surface area contributed by atoms with E-state index in [0.717, 1.165) is 25.3 Å². The van der Waals surface area contributed by atoms with Crippen LogP contribution in [0.5, 0.6) is 11.5 Å². The maximum atomic E-state index is 12.2. The molecule has 0 bridgehead atoms. The first-order valence-electron chi connectivity index (χ1n) is 15.1. The van der Waals surface area contributed by atoms with Crippen molar-refractivity contribution < 1.29 is 93.8 Å². The number of carbonyl (C=O) groups excluding carboxylic acids is 2. The number of ether oxygens (including phenoxy) is 7. The van der Waals surface area contributed by atoms with Crippen molar-refractivity contribution in [3.63, 3.8) is 0 Å². The molecule has 19 heteroatoms. The van der Waals surface area contributed by atoms with E-state index in [9.17, 15) is 60.7 Å². The first-order valence-corrected chi connectivity index (χ1v) is 15.1. The molecule has 0 saturated carbocycles. The minimum atomic E-state index is -1.99. The van der Waals surface area contributed by atoms with E-state index in [0.29, 0.717) is 0 Å². The highest BCUT2D eigenvalue weighted by molar-refractivity contribution is 5.91. The molecule has 0 radical (unpaired) electrons. The molecule has 0 aromatic heterocycles. The van der Waals surface area contributed by atoms with Crippen LogP contribution in [-0.4, -0.2) is 156 Å². The summed E-state index contributed by atoms with van der Waals surface area (Å²) in [5.74, 6) is -3.95. The standard InChI is InChI=1S/C31H36O19/c1-44-21(37)8-22(38)45-10-20-24(40)29(50-30-26(42)25(41)23(39)19(9-32)48-30)27(43)31(49-20)47-18-7-13-15(35)5-12(33)6-17(13)46-28(18)11-2-3-14(34)16(36)4-11/h2-7,17,19-20,23-27,29-36,39-43H,8-10H2,1H3/p+1. The minimum Gasteiger partial charge on any atom is -0.571 e. The molecule has 1 aromatic carbocycles. The number of allylic oxidation sites excluding steroid dienone is 2. The van der Waals surface area contributed by atoms with Gasteiger partial charge in [0.25, 0.3) is 0 Å². The average Bonchev–Trinajstić information content (AvgIpc) is 3.08. The number of hydrogen-bond donors (Lipinski definition) is 10. The normalized spacial score (nSPS) is 34.0. The topological polar surface area (TPSA) is 305 Å². The Morgan fingerprint density at radius 1 is 0.840 bits per heavy atom. The van der Waals surface area contributed by atoms with Gasteiger partial charge in [-0.05, 0) is 12.1 Å². The number of rotatable bonds is 10. The third kappa shape index (κ3) is 7.65. The first-order chi connectivity index (χ1) is 23.7. The summed E-state index contributed by atoms with van der Waals surface area (Å²) in [4.78, 5) is 23.8. The van der Waals surface area contributed by atoms with Gasteiger partial charge in [-0.2, -0.15) is 0 Å². The molecule has 1 aromatic rings. The lowest BCUT2D eigenvalue weighted by molar-refractivity contribution is -0.356. The Kier molecular flexibility index (Phi) is 11.2. The van der Waals surface area contributed by atoms with E-state index >= 15 is 0 Å². The smallest absolute Gasteiger partial charge is 0.317 e. The van der Waals surface area contributed by atoms with Gasteiger partial charge in [-0.3, -0.25) is 9.59 Å². The second-order valence-corrected chi connectivity index (χ2v) is 11.6. The Bertz CT molecular complexity index is 1560. The summed E-state index contributed by atoms with van der Waals surface area (Å²) in [5, 5.41) is 104. The van der Waals surface area contributed by atoms with Crippen molar-refractivity contribution in [2.75, 3.05) is 20.3 Å².